The average molecular weight is 284 g/mol. The number of hydrogen-bond acceptors (Lipinski definition) is 3. The molecule has 1 aromatic carbocycles. The Morgan fingerprint density at radius 1 is 1.30 bits per heavy atom. The molecule has 0 aliphatic carbocycles. The highest BCUT2D eigenvalue weighted by Gasteiger charge is 2.31. The van der Waals surface area contributed by atoms with Crippen LogP contribution in [0, 0.1) is 5.92 Å². The quantitative estimate of drug-likeness (QED) is 0.921. The van der Waals surface area contributed by atoms with E-state index in [1.807, 2.05) is 13.8 Å². The van der Waals surface area contributed by atoms with Crippen molar-refractivity contribution in [2.24, 2.45) is 5.92 Å². The lowest BCUT2D eigenvalue weighted by Gasteiger charge is -2.09. The van der Waals surface area contributed by atoms with Crippen LogP contribution in [0.4, 0.5) is 19.1 Å². The molecule has 0 saturated heterocycles. The van der Waals surface area contributed by atoms with Gasteiger partial charge in [-0.15, -0.1) is 0 Å². The molecule has 108 valence electrons. The van der Waals surface area contributed by atoms with Crippen molar-refractivity contribution in [3.63, 3.8) is 0 Å². The Kier molecular flexibility index (Phi) is 3.74. The summed E-state index contributed by atoms with van der Waals surface area (Å²) in [4.78, 5) is 0. The third kappa shape index (κ3) is 2.95. The Morgan fingerprint density at radius 2 is 2.00 bits per heavy atom. The van der Waals surface area contributed by atoms with Gasteiger partial charge in [0.2, 0.25) is 5.88 Å². The zero-order valence-electron chi connectivity index (χ0n) is 11.2. The van der Waals surface area contributed by atoms with Crippen molar-refractivity contribution in [2.75, 3.05) is 5.73 Å². The highest BCUT2D eigenvalue weighted by Crippen LogP contribution is 2.35. The van der Waals surface area contributed by atoms with E-state index in [9.17, 15) is 13.2 Å². The monoisotopic (exact) mass is 284 g/mol. The van der Waals surface area contributed by atoms with Crippen LogP contribution in [-0.4, -0.2) is 5.16 Å². The fourth-order valence-electron chi connectivity index (χ4n) is 2.02. The summed E-state index contributed by atoms with van der Waals surface area (Å²) < 4.78 is 43.2. The molecule has 0 saturated carbocycles. The number of benzene rings is 1. The SMILES string of the molecule is CC(C)Cc1noc(N)c1-c1cccc(C(F)(F)F)c1. The molecule has 1 heterocycles. The third-order valence-electron chi connectivity index (χ3n) is 2.87. The van der Waals surface area contributed by atoms with Gasteiger partial charge in [-0.25, -0.2) is 0 Å². The Hall–Kier alpha value is -1.98. The number of nitrogens with zero attached hydrogens (tertiary/aromatic N) is 1. The van der Waals surface area contributed by atoms with E-state index in [0.29, 0.717) is 29.2 Å². The molecule has 0 unspecified atom stereocenters. The third-order valence-corrected chi connectivity index (χ3v) is 2.87. The van der Waals surface area contributed by atoms with Crippen LogP contribution in [0.2, 0.25) is 0 Å². The van der Waals surface area contributed by atoms with Crippen molar-refractivity contribution in [2.45, 2.75) is 26.4 Å². The molecule has 0 spiro atoms. The molecule has 2 N–H and O–H groups in total. The molecule has 0 fully saturated rings. The van der Waals surface area contributed by atoms with Crippen LogP contribution in [0.15, 0.2) is 28.8 Å². The molecule has 3 nitrogen and oxygen atoms in total. The van der Waals surface area contributed by atoms with Crippen molar-refractivity contribution in [1.82, 2.24) is 5.16 Å². The van der Waals surface area contributed by atoms with Crippen LogP contribution in [0.5, 0.6) is 0 Å². The van der Waals surface area contributed by atoms with E-state index in [4.69, 9.17) is 10.3 Å². The van der Waals surface area contributed by atoms with E-state index in [2.05, 4.69) is 5.16 Å². The molecule has 2 aromatic rings. The molecular formula is C14H15F3N2O. The maximum atomic E-state index is 12.8. The fourth-order valence-corrected chi connectivity index (χ4v) is 2.02. The fraction of sp³-hybridized carbons (Fsp3) is 0.357. The summed E-state index contributed by atoms with van der Waals surface area (Å²) in [7, 11) is 0. The van der Waals surface area contributed by atoms with Crippen LogP contribution < -0.4 is 5.73 Å². The first-order chi connectivity index (χ1) is 9.29. The van der Waals surface area contributed by atoms with Crippen LogP contribution >= 0.6 is 0 Å². The normalized spacial score (nSPS) is 12.1. The van der Waals surface area contributed by atoms with Gasteiger partial charge in [-0.3, -0.25) is 0 Å². The summed E-state index contributed by atoms with van der Waals surface area (Å²) in [6.45, 7) is 3.97. The van der Waals surface area contributed by atoms with Gasteiger partial charge in [0.05, 0.1) is 16.8 Å². The molecule has 0 radical (unpaired) electrons. The summed E-state index contributed by atoms with van der Waals surface area (Å²) in [6, 6.07) is 5.01. The van der Waals surface area contributed by atoms with Gasteiger partial charge in [0.15, 0.2) is 0 Å². The van der Waals surface area contributed by atoms with E-state index in [1.165, 1.54) is 6.07 Å². The first-order valence-electron chi connectivity index (χ1n) is 6.20. The second-order valence-electron chi connectivity index (χ2n) is 5.05. The largest absolute Gasteiger partial charge is 0.416 e. The van der Waals surface area contributed by atoms with Crippen molar-refractivity contribution < 1.29 is 17.7 Å². The van der Waals surface area contributed by atoms with Gasteiger partial charge >= 0.3 is 6.18 Å². The standard InChI is InChI=1S/C14H15F3N2O/c1-8(2)6-11-12(13(18)20-19-11)9-4-3-5-10(7-9)14(15,16)17/h3-5,7-8H,6,18H2,1-2H3. The van der Waals surface area contributed by atoms with Crippen LogP contribution in [0.3, 0.4) is 0 Å². The van der Waals surface area contributed by atoms with E-state index in [-0.39, 0.29) is 5.88 Å². The second-order valence-corrected chi connectivity index (χ2v) is 5.05. The molecule has 2 rings (SSSR count). The lowest BCUT2D eigenvalue weighted by Crippen LogP contribution is -2.05. The van der Waals surface area contributed by atoms with Gasteiger partial charge in [0.25, 0.3) is 0 Å². The Bertz CT molecular complexity index is 603. The highest BCUT2D eigenvalue weighted by atomic mass is 19.4. The first kappa shape index (κ1) is 14.4. The predicted octanol–water partition coefficient (Wildman–Crippen LogP) is 4.14. The molecule has 0 atom stereocenters. The average Bonchev–Trinajstić information content (AvgIpc) is 2.69. The van der Waals surface area contributed by atoms with Crippen LogP contribution in [0.1, 0.15) is 25.1 Å². The Balaban J connectivity index is 2.49. The molecule has 0 amide bonds. The van der Waals surface area contributed by atoms with E-state index in [1.54, 1.807) is 6.07 Å². The number of nitrogen functional groups attached to an aromatic ring is 1. The summed E-state index contributed by atoms with van der Waals surface area (Å²) in [5.41, 5.74) is 6.38. The maximum absolute atomic E-state index is 12.8. The van der Waals surface area contributed by atoms with Gasteiger partial charge in [0.1, 0.15) is 0 Å². The highest BCUT2D eigenvalue weighted by molar-refractivity contribution is 5.75. The van der Waals surface area contributed by atoms with Crippen molar-refractivity contribution in [3.8, 4) is 11.1 Å². The number of hydrogen-bond donors (Lipinski definition) is 1. The van der Waals surface area contributed by atoms with Crippen LogP contribution in [-0.2, 0) is 12.6 Å². The van der Waals surface area contributed by atoms with Crippen molar-refractivity contribution in [3.05, 3.63) is 35.5 Å². The lowest BCUT2D eigenvalue weighted by molar-refractivity contribution is -0.137. The van der Waals surface area contributed by atoms with Crippen LogP contribution in [0.25, 0.3) is 11.1 Å². The molecule has 20 heavy (non-hydrogen) atoms. The summed E-state index contributed by atoms with van der Waals surface area (Å²) in [6.07, 6.45) is -3.80. The van der Waals surface area contributed by atoms with Crippen molar-refractivity contribution in [1.29, 1.82) is 0 Å². The predicted molar refractivity (Wildman–Crippen MR) is 69.9 cm³/mol. The second kappa shape index (κ2) is 5.19. The summed E-state index contributed by atoms with van der Waals surface area (Å²) in [5, 5.41) is 3.84. The van der Waals surface area contributed by atoms with Gasteiger partial charge in [-0.05, 0) is 30.0 Å². The van der Waals surface area contributed by atoms with Gasteiger partial charge in [-0.1, -0.05) is 31.1 Å². The zero-order chi connectivity index (χ0) is 14.9. The number of rotatable bonds is 3. The Labute approximate surface area is 114 Å². The lowest BCUT2D eigenvalue weighted by atomic mass is 9.98. The minimum Gasteiger partial charge on any atom is -0.367 e. The molecule has 0 aliphatic rings. The van der Waals surface area contributed by atoms with Gasteiger partial charge in [0, 0.05) is 0 Å². The number of aromatic nitrogens is 1. The topological polar surface area (TPSA) is 52.0 Å². The number of halogens is 3. The van der Waals surface area contributed by atoms with E-state index >= 15 is 0 Å². The number of nitrogens with two attached hydrogens (primary N) is 1. The number of anilines is 1. The van der Waals surface area contributed by atoms with Gasteiger partial charge in [-0.2, -0.15) is 13.2 Å². The minimum atomic E-state index is -4.39. The molecule has 0 bridgehead atoms. The van der Waals surface area contributed by atoms with Gasteiger partial charge < -0.3 is 10.3 Å². The van der Waals surface area contributed by atoms with E-state index < -0.39 is 11.7 Å². The summed E-state index contributed by atoms with van der Waals surface area (Å²) in [5.74, 6) is 0.337. The smallest absolute Gasteiger partial charge is 0.367 e. The summed E-state index contributed by atoms with van der Waals surface area (Å²) >= 11 is 0. The first-order valence-corrected chi connectivity index (χ1v) is 6.20. The molecular weight excluding hydrogens is 269 g/mol. The molecule has 0 aliphatic heterocycles. The minimum absolute atomic E-state index is 0.0416. The molecule has 6 heteroatoms. The zero-order valence-corrected chi connectivity index (χ0v) is 11.2. The molecule has 1 aromatic heterocycles. The number of alkyl halides is 3. The Morgan fingerprint density at radius 3 is 2.60 bits per heavy atom. The van der Waals surface area contributed by atoms with E-state index in [0.717, 1.165) is 12.1 Å². The maximum Gasteiger partial charge on any atom is 0.416 e. The van der Waals surface area contributed by atoms with Crippen molar-refractivity contribution >= 4 is 5.88 Å².